The molecule has 6 nitrogen and oxygen atoms in total. The van der Waals surface area contributed by atoms with Gasteiger partial charge in [0.25, 0.3) is 5.91 Å². The molecule has 4 N–H and O–H groups in total. The van der Waals surface area contributed by atoms with Gasteiger partial charge in [-0.15, -0.1) is 0 Å². The summed E-state index contributed by atoms with van der Waals surface area (Å²) in [6.45, 7) is 8.72. The smallest absolute Gasteiger partial charge is 0.255 e. The number of amides is 1. The van der Waals surface area contributed by atoms with Crippen molar-refractivity contribution in [3.8, 4) is 0 Å². The van der Waals surface area contributed by atoms with Gasteiger partial charge >= 0.3 is 0 Å². The number of fused-ring (bicyclic) bond motifs is 1. The molecule has 1 heterocycles. The van der Waals surface area contributed by atoms with E-state index in [0.717, 1.165) is 47.2 Å². The van der Waals surface area contributed by atoms with Gasteiger partial charge in [-0.05, 0) is 51.5 Å². The SMILES string of the molecule is CCCCNc1cc2c(Nc3ccccc3)c(C(=O)NC(C)(C)C)cnc2cc1CO. The average Bonchev–Trinajstić information content (AvgIpc) is 2.73. The van der Waals surface area contributed by atoms with Crippen molar-refractivity contribution in [2.24, 2.45) is 0 Å². The highest BCUT2D eigenvalue weighted by molar-refractivity contribution is 6.09. The summed E-state index contributed by atoms with van der Waals surface area (Å²) < 4.78 is 0. The number of anilines is 3. The second-order valence-corrected chi connectivity index (χ2v) is 8.71. The topological polar surface area (TPSA) is 86.3 Å². The van der Waals surface area contributed by atoms with Crippen molar-refractivity contribution in [3.05, 3.63) is 59.8 Å². The van der Waals surface area contributed by atoms with Gasteiger partial charge in [0.2, 0.25) is 0 Å². The Labute approximate surface area is 184 Å². The Balaban J connectivity index is 2.15. The molecular weight excluding hydrogens is 388 g/mol. The number of unbranched alkanes of at least 4 members (excludes halogenated alkanes) is 1. The quantitative estimate of drug-likeness (QED) is 0.376. The summed E-state index contributed by atoms with van der Waals surface area (Å²) in [4.78, 5) is 17.6. The van der Waals surface area contributed by atoms with E-state index in [9.17, 15) is 9.90 Å². The van der Waals surface area contributed by atoms with Crippen LogP contribution in [0.15, 0.2) is 48.7 Å². The molecule has 0 saturated carbocycles. The van der Waals surface area contributed by atoms with Gasteiger partial charge in [0, 0.05) is 40.6 Å². The van der Waals surface area contributed by atoms with Gasteiger partial charge in [0.1, 0.15) is 0 Å². The van der Waals surface area contributed by atoms with Crippen LogP contribution in [0.1, 0.15) is 56.5 Å². The summed E-state index contributed by atoms with van der Waals surface area (Å²) >= 11 is 0. The Kier molecular flexibility index (Phi) is 7.13. The summed E-state index contributed by atoms with van der Waals surface area (Å²) in [6, 6.07) is 13.6. The minimum absolute atomic E-state index is 0.0835. The van der Waals surface area contributed by atoms with Gasteiger partial charge in [0.05, 0.1) is 23.4 Å². The van der Waals surface area contributed by atoms with E-state index < -0.39 is 0 Å². The Morgan fingerprint density at radius 1 is 1.13 bits per heavy atom. The minimum atomic E-state index is -0.371. The molecular formula is C25H32N4O2. The molecule has 2 aromatic carbocycles. The van der Waals surface area contributed by atoms with Gasteiger partial charge in [-0.3, -0.25) is 9.78 Å². The molecule has 0 saturated heterocycles. The molecule has 31 heavy (non-hydrogen) atoms. The van der Waals surface area contributed by atoms with Crippen molar-refractivity contribution in [3.63, 3.8) is 0 Å². The van der Waals surface area contributed by atoms with Crippen LogP contribution >= 0.6 is 0 Å². The number of nitrogens with one attached hydrogen (secondary N) is 3. The molecule has 1 aromatic heterocycles. The van der Waals surface area contributed by atoms with Crippen LogP contribution in [0.25, 0.3) is 10.9 Å². The van der Waals surface area contributed by atoms with Gasteiger partial charge in [-0.1, -0.05) is 31.5 Å². The third-order valence-corrected chi connectivity index (χ3v) is 4.89. The zero-order valence-electron chi connectivity index (χ0n) is 18.7. The Hall–Kier alpha value is -3.12. The zero-order valence-corrected chi connectivity index (χ0v) is 18.7. The number of aliphatic hydroxyl groups is 1. The van der Waals surface area contributed by atoms with E-state index in [4.69, 9.17) is 0 Å². The van der Waals surface area contributed by atoms with E-state index in [-0.39, 0.29) is 18.1 Å². The maximum Gasteiger partial charge on any atom is 0.255 e. The van der Waals surface area contributed by atoms with Crippen molar-refractivity contribution >= 4 is 33.9 Å². The van der Waals surface area contributed by atoms with Gasteiger partial charge in [0.15, 0.2) is 0 Å². The van der Waals surface area contributed by atoms with Crippen LogP contribution in [0.3, 0.4) is 0 Å². The number of carbonyl (C=O) groups is 1. The lowest BCUT2D eigenvalue weighted by Crippen LogP contribution is -2.40. The molecule has 0 spiro atoms. The molecule has 3 rings (SSSR count). The molecule has 0 fully saturated rings. The molecule has 0 radical (unpaired) electrons. The predicted octanol–water partition coefficient (Wildman–Crippen LogP) is 5.21. The highest BCUT2D eigenvalue weighted by atomic mass is 16.3. The fraction of sp³-hybridized carbons (Fsp3) is 0.360. The van der Waals surface area contributed by atoms with E-state index in [1.807, 2.05) is 63.2 Å². The van der Waals surface area contributed by atoms with E-state index in [1.165, 1.54) is 0 Å². The number of carbonyl (C=O) groups excluding carboxylic acids is 1. The maximum absolute atomic E-state index is 13.1. The zero-order chi connectivity index (χ0) is 22.4. The largest absolute Gasteiger partial charge is 0.392 e. The monoisotopic (exact) mass is 420 g/mol. The lowest BCUT2D eigenvalue weighted by atomic mass is 10.0. The van der Waals surface area contributed by atoms with Crippen molar-refractivity contribution in [2.75, 3.05) is 17.2 Å². The molecule has 0 atom stereocenters. The van der Waals surface area contributed by atoms with Crippen LogP contribution in [0, 0.1) is 0 Å². The number of hydrogen-bond acceptors (Lipinski definition) is 5. The highest BCUT2D eigenvalue weighted by Crippen LogP contribution is 2.33. The van der Waals surface area contributed by atoms with Crippen LogP contribution in [-0.2, 0) is 6.61 Å². The molecule has 6 heteroatoms. The van der Waals surface area contributed by atoms with Crippen molar-refractivity contribution in [1.82, 2.24) is 10.3 Å². The van der Waals surface area contributed by atoms with Gasteiger partial charge in [-0.2, -0.15) is 0 Å². The molecule has 0 aliphatic carbocycles. The Morgan fingerprint density at radius 2 is 1.87 bits per heavy atom. The second kappa shape index (κ2) is 9.79. The molecule has 0 bridgehead atoms. The first-order valence-corrected chi connectivity index (χ1v) is 10.8. The number of pyridine rings is 1. The Morgan fingerprint density at radius 3 is 2.52 bits per heavy atom. The number of nitrogens with zero attached hydrogens (tertiary/aromatic N) is 1. The number of aliphatic hydroxyl groups excluding tert-OH is 1. The van der Waals surface area contributed by atoms with Crippen molar-refractivity contribution < 1.29 is 9.90 Å². The van der Waals surface area contributed by atoms with Crippen LogP contribution in [0.4, 0.5) is 17.1 Å². The maximum atomic E-state index is 13.1. The fourth-order valence-corrected chi connectivity index (χ4v) is 3.36. The summed E-state index contributed by atoms with van der Waals surface area (Å²) in [5.74, 6) is -0.188. The van der Waals surface area contributed by atoms with Crippen LogP contribution in [0.2, 0.25) is 0 Å². The lowest BCUT2D eigenvalue weighted by molar-refractivity contribution is 0.0920. The molecule has 0 aliphatic heterocycles. The summed E-state index contributed by atoms with van der Waals surface area (Å²) in [7, 11) is 0. The highest BCUT2D eigenvalue weighted by Gasteiger charge is 2.21. The number of hydrogen-bond donors (Lipinski definition) is 4. The molecule has 164 valence electrons. The predicted molar refractivity (Wildman–Crippen MR) is 128 cm³/mol. The molecule has 1 amide bonds. The molecule has 3 aromatic rings. The van der Waals surface area contributed by atoms with Gasteiger partial charge < -0.3 is 21.1 Å². The number of para-hydroxylation sites is 1. The fourth-order valence-electron chi connectivity index (χ4n) is 3.36. The van der Waals surface area contributed by atoms with E-state index in [0.29, 0.717) is 11.3 Å². The third-order valence-electron chi connectivity index (χ3n) is 4.89. The molecule has 0 unspecified atom stereocenters. The first-order valence-electron chi connectivity index (χ1n) is 10.8. The average molecular weight is 421 g/mol. The van der Waals surface area contributed by atoms with Crippen LogP contribution in [0.5, 0.6) is 0 Å². The van der Waals surface area contributed by atoms with E-state index in [2.05, 4.69) is 27.9 Å². The third kappa shape index (κ3) is 5.73. The number of aromatic nitrogens is 1. The number of benzene rings is 2. The summed E-state index contributed by atoms with van der Waals surface area (Å²) in [5.41, 5.74) is 4.04. The van der Waals surface area contributed by atoms with Gasteiger partial charge in [-0.25, -0.2) is 0 Å². The number of rotatable bonds is 8. The first-order chi connectivity index (χ1) is 14.8. The molecule has 0 aliphatic rings. The summed E-state index contributed by atoms with van der Waals surface area (Å²) in [6.07, 6.45) is 3.71. The van der Waals surface area contributed by atoms with E-state index in [1.54, 1.807) is 6.20 Å². The standard InChI is InChI=1S/C25H32N4O2/c1-5-6-12-26-21-14-19-22(13-17(21)16-30)27-15-20(24(31)29-25(2,3)4)23(19)28-18-10-8-7-9-11-18/h7-11,13-15,26,30H,5-6,12,16H2,1-4H3,(H,27,28)(H,29,31). The van der Waals surface area contributed by atoms with Crippen molar-refractivity contribution in [1.29, 1.82) is 0 Å². The lowest BCUT2D eigenvalue weighted by Gasteiger charge is -2.22. The Bertz CT molecular complexity index is 1040. The minimum Gasteiger partial charge on any atom is -0.392 e. The van der Waals surface area contributed by atoms with Crippen LogP contribution in [-0.4, -0.2) is 28.1 Å². The first kappa shape index (κ1) is 22.6. The van der Waals surface area contributed by atoms with Crippen molar-refractivity contribution in [2.45, 2.75) is 52.7 Å². The second-order valence-electron chi connectivity index (χ2n) is 8.71. The summed E-state index contributed by atoms with van der Waals surface area (Å²) in [5, 5.41) is 20.6. The van der Waals surface area contributed by atoms with E-state index >= 15 is 0 Å². The normalized spacial score (nSPS) is 11.4. The van der Waals surface area contributed by atoms with Crippen LogP contribution < -0.4 is 16.0 Å².